The molecule has 2 radical (unpaired) electrons. The van der Waals surface area contributed by atoms with Crippen molar-refractivity contribution in [2.24, 2.45) is 0 Å². The van der Waals surface area contributed by atoms with Crippen molar-refractivity contribution in [3.63, 3.8) is 0 Å². The molecule has 6 heteroatoms. The number of benzene rings is 3. The Balaban J connectivity index is 1.73. The predicted molar refractivity (Wildman–Crippen MR) is 117 cm³/mol. The van der Waals surface area contributed by atoms with E-state index in [-0.39, 0.29) is 0 Å². The Morgan fingerprint density at radius 1 is 0.429 bits per heavy atom. The maximum absolute atomic E-state index is 6.33. The second-order valence-corrected chi connectivity index (χ2v) is 19.0. The fraction of sp³-hybridized carbons (Fsp3) is 0.182. The third-order valence-corrected chi connectivity index (χ3v) is 9.02. The molecule has 0 aliphatic heterocycles. The first-order valence-electron chi connectivity index (χ1n) is 8.98. The van der Waals surface area contributed by atoms with Gasteiger partial charge in [-0.1, -0.05) is 0 Å². The Bertz CT molecular complexity index is 809. The number of para-hydroxylation sites is 4. The molecule has 0 fully saturated rings. The summed E-state index contributed by atoms with van der Waals surface area (Å²) < 4.78 is 25.0. The Morgan fingerprint density at radius 2 is 0.750 bits per heavy atom. The van der Waals surface area contributed by atoms with Crippen LogP contribution in [0.25, 0.3) is 0 Å². The zero-order chi connectivity index (χ0) is 20.0. The van der Waals surface area contributed by atoms with E-state index in [1.807, 2.05) is 108 Å². The molecular weight excluding hydrogens is 478 g/mol. The van der Waals surface area contributed by atoms with E-state index in [4.69, 9.17) is 14.9 Å². The second-order valence-electron chi connectivity index (χ2n) is 6.94. The van der Waals surface area contributed by atoms with Crippen molar-refractivity contribution in [3.05, 3.63) is 84.9 Å². The number of rotatable bonds is 8. The van der Waals surface area contributed by atoms with Crippen LogP contribution in [0.15, 0.2) is 84.9 Å². The summed E-state index contributed by atoms with van der Waals surface area (Å²) in [5.74, 6) is 3.04. The quantitative estimate of drug-likeness (QED) is 0.353. The fourth-order valence-corrected chi connectivity index (χ4v) is 8.00. The number of hydrogen-bond donors (Lipinski definition) is 0. The van der Waals surface area contributed by atoms with E-state index in [0.29, 0.717) is 11.5 Å². The maximum atomic E-state index is 6.33. The van der Waals surface area contributed by atoms with Gasteiger partial charge in [0, 0.05) is 0 Å². The van der Waals surface area contributed by atoms with Crippen molar-refractivity contribution >= 4 is 28.5 Å². The summed E-state index contributed by atoms with van der Waals surface area (Å²) in [6.07, 6.45) is 0. The molecule has 3 aromatic rings. The molecule has 0 bridgehead atoms. The van der Waals surface area contributed by atoms with E-state index in [1.54, 1.807) is 0 Å². The van der Waals surface area contributed by atoms with Gasteiger partial charge in [0.25, 0.3) is 0 Å². The SMILES string of the molecule is C[As](C)(Oc1ccccc1)Oc1ccccc1O[As](C)(C)Oc1ccccc1. The van der Waals surface area contributed by atoms with E-state index in [2.05, 4.69) is 0 Å². The van der Waals surface area contributed by atoms with Gasteiger partial charge in [-0.2, -0.15) is 0 Å². The van der Waals surface area contributed by atoms with Crippen LogP contribution in [0.1, 0.15) is 0 Å². The van der Waals surface area contributed by atoms with Crippen LogP contribution in [-0.2, 0) is 0 Å². The average Bonchev–Trinajstić information content (AvgIpc) is 2.64. The van der Waals surface area contributed by atoms with E-state index in [1.165, 1.54) is 0 Å². The van der Waals surface area contributed by atoms with Gasteiger partial charge in [0.05, 0.1) is 0 Å². The summed E-state index contributed by atoms with van der Waals surface area (Å²) >= 11 is -5.70. The van der Waals surface area contributed by atoms with Crippen molar-refractivity contribution in [2.45, 2.75) is 22.8 Å². The van der Waals surface area contributed by atoms with Gasteiger partial charge in [-0.25, -0.2) is 0 Å². The zero-order valence-corrected chi connectivity index (χ0v) is 20.4. The molecule has 0 amide bonds. The van der Waals surface area contributed by atoms with Crippen molar-refractivity contribution in [2.75, 3.05) is 0 Å². The van der Waals surface area contributed by atoms with Gasteiger partial charge in [0.1, 0.15) is 0 Å². The Labute approximate surface area is 173 Å². The van der Waals surface area contributed by atoms with Crippen LogP contribution in [0.2, 0.25) is 22.8 Å². The molecule has 0 N–H and O–H groups in total. The molecule has 3 aromatic carbocycles. The first-order valence-corrected chi connectivity index (χ1v) is 19.6. The van der Waals surface area contributed by atoms with E-state index in [9.17, 15) is 0 Å². The summed E-state index contributed by atoms with van der Waals surface area (Å²) in [5, 5.41) is 0. The number of hydrogen-bond acceptors (Lipinski definition) is 4. The molecule has 0 atom stereocenters. The van der Waals surface area contributed by atoms with Gasteiger partial charge in [0.2, 0.25) is 0 Å². The Kier molecular flexibility index (Phi) is 6.64. The molecule has 3 rings (SSSR count). The molecule has 0 unspecified atom stereocenters. The third kappa shape index (κ3) is 6.26. The molecular formula is C22H26As2O4. The molecule has 0 aromatic heterocycles. The fourth-order valence-electron chi connectivity index (χ4n) is 2.58. The molecule has 0 saturated heterocycles. The molecule has 0 aliphatic rings. The van der Waals surface area contributed by atoms with E-state index < -0.39 is 28.5 Å². The molecule has 4 nitrogen and oxygen atoms in total. The topological polar surface area (TPSA) is 36.9 Å². The van der Waals surface area contributed by atoms with Crippen molar-refractivity contribution in [1.29, 1.82) is 0 Å². The van der Waals surface area contributed by atoms with Gasteiger partial charge in [-0.05, 0) is 0 Å². The van der Waals surface area contributed by atoms with Crippen LogP contribution < -0.4 is 14.9 Å². The van der Waals surface area contributed by atoms with Gasteiger partial charge in [-0.3, -0.25) is 0 Å². The van der Waals surface area contributed by atoms with Crippen LogP contribution in [0.4, 0.5) is 0 Å². The van der Waals surface area contributed by atoms with Crippen LogP contribution in [-0.4, -0.2) is 28.5 Å². The van der Waals surface area contributed by atoms with Crippen LogP contribution >= 0.6 is 0 Å². The first kappa shape index (κ1) is 20.7. The van der Waals surface area contributed by atoms with Crippen molar-refractivity contribution < 1.29 is 14.9 Å². The standard InChI is InChI=1S/C22H26As2O4/c1-23(2,25-19-13-7-5-8-14-19)27-21-17-11-12-18-22(21)28-24(3,4)26-20-15-9-6-10-16-20/h5-18H,1-4H3. The van der Waals surface area contributed by atoms with Gasteiger partial charge < -0.3 is 0 Å². The van der Waals surface area contributed by atoms with Gasteiger partial charge in [-0.15, -0.1) is 0 Å². The molecule has 0 saturated carbocycles. The Hall–Kier alpha value is -2.02. The van der Waals surface area contributed by atoms with Crippen molar-refractivity contribution in [3.8, 4) is 23.0 Å². The molecule has 148 valence electrons. The molecule has 0 spiro atoms. The summed E-state index contributed by atoms with van der Waals surface area (Å²) in [6, 6.07) is 27.3. The average molecular weight is 504 g/mol. The summed E-state index contributed by atoms with van der Waals surface area (Å²) in [5.41, 5.74) is 8.20. The predicted octanol–water partition coefficient (Wildman–Crippen LogP) is 6.01. The summed E-state index contributed by atoms with van der Waals surface area (Å²) in [7, 11) is 0. The first-order chi connectivity index (χ1) is 13.3. The van der Waals surface area contributed by atoms with E-state index in [0.717, 1.165) is 11.5 Å². The third-order valence-electron chi connectivity index (χ3n) is 3.62. The van der Waals surface area contributed by atoms with Crippen LogP contribution in [0.5, 0.6) is 23.0 Å². The molecule has 28 heavy (non-hydrogen) atoms. The van der Waals surface area contributed by atoms with Crippen molar-refractivity contribution in [1.82, 2.24) is 0 Å². The zero-order valence-electron chi connectivity index (χ0n) is 16.6. The molecule has 0 heterocycles. The second kappa shape index (κ2) is 8.98. The normalized spacial score (nSPS) is 11.6. The van der Waals surface area contributed by atoms with Gasteiger partial charge >= 0.3 is 174 Å². The summed E-state index contributed by atoms with van der Waals surface area (Å²) in [4.78, 5) is 0. The minimum absolute atomic E-state index is 0.696. The van der Waals surface area contributed by atoms with Crippen LogP contribution in [0.3, 0.4) is 0 Å². The van der Waals surface area contributed by atoms with E-state index >= 15 is 0 Å². The van der Waals surface area contributed by atoms with Gasteiger partial charge in [0.15, 0.2) is 0 Å². The van der Waals surface area contributed by atoms with Crippen LogP contribution in [0, 0.1) is 0 Å². The minimum atomic E-state index is -2.85. The summed E-state index contributed by atoms with van der Waals surface area (Å²) in [6.45, 7) is 0. The monoisotopic (exact) mass is 504 g/mol. The Morgan fingerprint density at radius 3 is 1.11 bits per heavy atom. The molecule has 0 aliphatic carbocycles.